The Morgan fingerprint density at radius 2 is 1.11 bits per heavy atom. The summed E-state index contributed by atoms with van der Waals surface area (Å²) < 4.78 is 0. The van der Waals surface area contributed by atoms with Crippen molar-refractivity contribution < 1.29 is 15.2 Å². The van der Waals surface area contributed by atoms with Gasteiger partial charge in [-0.25, -0.2) is 0 Å². The smallest absolute Gasteiger partial charge is 0.219 e. The van der Waals surface area contributed by atoms with Crippen LogP contribution in [0.25, 0.3) is 0 Å². The Hall–Kier alpha value is -0.650. The lowest BCUT2D eigenvalue weighted by Gasteiger charge is -2.07. The molecule has 0 unspecified atom stereocenters. The van der Waals surface area contributed by atoms with Crippen LogP contribution in [0.4, 0.5) is 0 Å². The second-order valence-electron chi connectivity index (χ2n) is 7.85. The maximum absolute atomic E-state index is 11.7. The molecule has 0 saturated carbocycles. The summed E-state index contributed by atoms with van der Waals surface area (Å²) in [5.41, 5.74) is 0. The van der Waals surface area contributed by atoms with Crippen LogP contribution >= 0.6 is 0 Å². The van der Waals surface area contributed by atoms with Crippen LogP contribution in [0.15, 0.2) is 0 Å². The van der Waals surface area contributed by atoms with Crippen LogP contribution in [0.2, 0.25) is 0 Å². The number of hydrogen-bond acceptors (Lipinski definition) is 4. The van der Waals surface area contributed by atoms with Crippen molar-refractivity contribution in [2.75, 3.05) is 13.1 Å². The summed E-state index contributed by atoms with van der Waals surface area (Å²) in [7, 11) is 0. The van der Waals surface area contributed by atoms with Crippen LogP contribution in [-0.2, 0) is 4.79 Å². The van der Waals surface area contributed by atoms with E-state index in [4.69, 9.17) is 10.4 Å². The molecule has 0 bridgehead atoms. The zero-order valence-electron chi connectivity index (χ0n) is 17.9. The highest BCUT2D eigenvalue weighted by Gasteiger charge is 2.01. The van der Waals surface area contributed by atoms with E-state index in [2.05, 4.69) is 12.2 Å². The Labute approximate surface area is 167 Å². The highest BCUT2D eigenvalue weighted by atomic mass is 16.8. The molecule has 0 fully saturated rings. The minimum absolute atomic E-state index is 0.176. The van der Waals surface area contributed by atoms with E-state index in [1.807, 2.05) is 0 Å². The van der Waals surface area contributed by atoms with Crippen LogP contribution in [0.3, 0.4) is 0 Å². The lowest BCUT2D eigenvalue weighted by molar-refractivity contribution is -0.306. The minimum Gasteiger partial charge on any atom is -0.356 e. The van der Waals surface area contributed by atoms with E-state index in [-0.39, 0.29) is 17.7 Å². The van der Waals surface area contributed by atoms with Crippen LogP contribution in [0.5, 0.6) is 0 Å². The van der Waals surface area contributed by atoms with Gasteiger partial charge in [0.1, 0.15) is 0 Å². The summed E-state index contributed by atoms with van der Waals surface area (Å²) >= 11 is 0. The topological polar surface area (TPSA) is 72.8 Å². The third kappa shape index (κ3) is 23.3. The van der Waals surface area contributed by atoms with Crippen molar-refractivity contribution in [1.82, 2.24) is 10.5 Å². The predicted octanol–water partition coefficient (Wildman–Crippen LogP) is 6.22. The van der Waals surface area contributed by atoms with Gasteiger partial charge in [0.15, 0.2) is 0 Å². The average molecular weight is 387 g/mol. The molecule has 0 spiro atoms. The lowest BCUT2D eigenvalue weighted by Crippen LogP contribution is -2.24. The van der Waals surface area contributed by atoms with Crippen molar-refractivity contribution in [3.8, 4) is 0 Å². The van der Waals surface area contributed by atoms with E-state index >= 15 is 0 Å². The first kappa shape index (κ1) is 26.4. The molecule has 0 radical (unpaired) electrons. The Bertz CT molecular complexity index is 312. The number of carbonyl (C=O) groups excluding carboxylic acids is 1. The molecule has 5 nitrogen and oxygen atoms in total. The van der Waals surface area contributed by atoms with Crippen molar-refractivity contribution in [1.29, 1.82) is 0 Å². The third-order valence-electron chi connectivity index (χ3n) is 5.11. The number of hydroxylamine groups is 2. The second kappa shape index (κ2) is 21.6. The van der Waals surface area contributed by atoms with Gasteiger partial charge in [-0.05, 0) is 19.3 Å². The van der Waals surface area contributed by atoms with E-state index < -0.39 is 0 Å². The molecule has 0 aromatic rings. The molecule has 0 aromatic heterocycles. The summed E-state index contributed by atoms with van der Waals surface area (Å²) in [6, 6.07) is 0. The monoisotopic (exact) mass is 386 g/mol. The van der Waals surface area contributed by atoms with Gasteiger partial charge in [0.05, 0.1) is 6.54 Å². The number of unbranched alkanes of at least 4 members (excludes halogenated alkanes) is 15. The van der Waals surface area contributed by atoms with Crippen LogP contribution in [-0.4, -0.2) is 34.6 Å². The normalized spacial score (nSPS) is 11.3. The van der Waals surface area contributed by atoms with E-state index in [0.29, 0.717) is 6.42 Å². The molecule has 1 amide bonds. The quantitative estimate of drug-likeness (QED) is 0.162. The number of nitrogens with zero attached hydrogens (tertiary/aromatic N) is 1. The van der Waals surface area contributed by atoms with Crippen LogP contribution in [0, 0.1) is 0 Å². The van der Waals surface area contributed by atoms with Gasteiger partial charge in [-0.2, -0.15) is 0 Å². The molecule has 5 heteroatoms. The zero-order valence-corrected chi connectivity index (χ0v) is 17.9. The molecular weight excluding hydrogens is 340 g/mol. The van der Waals surface area contributed by atoms with Gasteiger partial charge < -0.3 is 5.32 Å². The average Bonchev–Trinajstić information content (AvgIpc) is 2.64. The van der Waals surface area contributed by atoms with Crippen molar-refractivity contribution in [2.24, 2.45) is 0 Å². The minimum atomic E-state index is 0.176. The second-order valence-corrected chi connectivity index (χ2v) is 7.85. The van der Waals surface area contributed by atoms with Gasteiger partial charge in [0, 0.05) is 13.0 Å². The zero-order chi connectivity index (χ0) is 20.0. The van der Waals surface area contributed by atoms with Crippen LogP contribution < -0.4 is 5.32 Å². The fourth-order valence-corrected chi connectivity index (χ4v) is 3.35. The van der Waals surface area contributed by atoms with Crippen molar-refractivity contribution in [3.63, 3.8) is 0 Å². The number of rotatable bonds is 21. The molecule has 0 saturated heterocycles. The number of hydrogen-bond donors (Lipinski definition) is 3. The molecular formula is C22H46N2O3. The largest absolute Gasteiger partial charge is 0.356 e. The summed E-state index contributed by atoms with van der Waals surface area (Å²) in [4.78, 5) is 11.7. The van der Waals surface area contributed by atoms with E-state index in [1.165, 1.54) is 77.0 Å². The Morgan fingerprint density at radius 3 is 1.63 bits per heavy atom. The Kier molecular flexibility index (Phi) is 21.1. The number of carbonyl (C=O) groups is 1. The Morgan fingerprint density at radius 1 is 0.667 bits per heavy atom. The Balaban J connectivity index is 3.14. The maximum atomic E-state index is 11.7. The standard InChI is InChI=1S/C22H46N2O3/c1-2-3-4-5-6-7-8-9-10-11-12-13-16-19-22(25)23-20-17-14-15-18-21-24(26)27/h26-27H,2-21H2,1H3,(H,23,25). The molecule has 162 valence electrons. The van der Waals surface area contributed by atoms with Gasteiger partial charge >= 0.3 is 0 Å². The molecule has 27 heavy (non-hydrogen) atoms. The summed E-state index contributed by atoms with van der Waals surface area (Å²) in [6.07, 6.45) is 21.6. The molecule has 0 rings (SSSR count). The molecule has 0 aromatic carbocycles. The van der Waals surface area contributed by atoms with Crippen molar-refractivity contribution in [2.45, 2.75) is 122 Å². The first-order valence-corrected chi connectivity index (χ1v) is 11.6. The number of nitrogens with one attached hydrogen (secondary N) is 1. The predicted molar refractivity (Wildman–Crippen MR) is 112 cm³/mol. The fraction of sp³-hybridized carbons (Fsp3) is 0.955. The highest BCUT2D eigenvalue weighted by molar-refractivity contribution is 5.75. The first-order chi connectivity index (χ1) is 13.2. The summed E-state index contributed by atoms with van der Waals surface area (Å²) in [5, 5.41) is 20.4. The van der Waals surface area contributed by atoms with E-state index in [9.17, 15) is 4.79 Å². The van der Waals surface area contributed by atoms with Gasteiger partial charge in [-0.15, -0.1) is 0 Å². The van der Waals surface area contributed by atoms with Gasteiger partial charge in [-0.3, -0.25) is 15.2 Å². The summed E-state index contributed by atoms with van der Waals surface area (Å²) in [5.74, 6) is 0.176. The van der Waals surface area contributed by atoms with E-state index in [0.717, 1.165) is 38.6 Å². The highest BCUT2D eigenvalue weighted by Crippen LogP contribution is 2.12. The molecule has 0 atom stereocenters. The molecule has 0 aliphatic heterocycles. The SMILES string of the molecule is CCCCCCCCCCCCCCCC(=O)NCCCCCCN(O)O. The van der Waals surface area contributed by atoms with Crippen molar-refractivity contribution in [3.05, 3.63) is 0 Å². The molecule has 3 N–H and O–H groups in total. The van der Waals surface area contributed by atoms with Crippen LogP contribution in [0.1, 0.15) is 122 Å². The fourth-order valence-electron chi connectivity index (χ4n) is 3.35. The van der Waals surface area contributed by atoms with Gasteiger partial charge in [0.2, 0.25) is 5.91 Å². The lowest BCUT2D eigenvalue weighted by atomic mass is 10.0. The van der Waals surface area contributed by atoms with Gasteiger partial charge in [0.25, 0.3) is 0 Å². The van der Waals surface area contributed by atoms with E-state index in [1.54, 1.807) is 0 Å². The molecule has 0 aliphatic carbocycles. The molecule has 0 heterocycles. The third-order valence-corrected chi connectivity index (χ3v) is 5.11. The summed E-state index contributed by atoms with van der Waals surface area (Å²) in [6.45, 7) is 3.29. The molecule has 0 aliphatic rings. The number of amides is 1. The maximum Gasteiger partial charge on any atom is 0.219 e. The first-order valence-electron chi connectivity index (χ1n) is 11.6. The van der Waals surface area contributed by atoms with Crippen molar-refractivity contribution >= 4 is 5.91 Å². The van der Waals surface area contributed by atoms with Gasteiger partial charge in [-0.1, -0.05) is 102 Å².